The van der Waals surface area contributed by atoms with E-state index in [0.29, 0.717) is 17.2 Å². The third kappa shape index (κ3) is 3.15. The van der Waals surface area contributed by atoms with Crippen LogP contribution in [0.1, 0.15) is 0 Å². The zero-order valence-corrected chi connectivity index (χ0v) is 12.8. The predicted molar refractivity (Wildman–Crippen MR) is 71.2 cm³/mol. The number of methoxy groups -OCH3 is 2. The van der Waals surface area contributed by atoms with Gasteiger partial charge in [0, 0.05) is 0 Å². The highest BCUT2D eigenvalue weighted by Crippen LogP contribution is 2.43. The summed E-state index contributed by atoms with van der Waals surface area (Å²) in [5.74, 6) is 2.06. The van der Waals surface area contributed by atoms with Crippen LogP contribution in [-0.4, -0.2) is 22.5 Å². The first kappa shape index (κ1) is 13.4. The quantitative estimate of drug-likeness (QED) is 0.794. The molecule has 5 heteroatoms. The highest BCUT2D eigenvalue weighted by atomic mass is 79.9. The Kier molecular flexibility index (Phi) is 4.26. The van der Waals surface area contributed by atoms with Crippen molar-refractivity contribution < 1.29 is 13.9 Å². The Bertz CT molecular complexity index is 374. The van der Waals surface area contributed by atoms with Crippen molar-refractivity contribution in [2.45, 2.75) is 19.6 Å². The number of hydrogen-bond acceptors (Lipinski definition) is 3. The highest BCUT2D eigenvalue weighted by Gasteiger charge is 2.23. The lowest BCUT2D eigenvalue weighted by Gasteiger charge is -2.23. The van der Waals surface area contributed by atoms with Crippen LogP contribution in [0.3, 0.4) is 0 Å². The largest absolute Gasteiger partial charge is 0.539 e. The van der Waals surface area contributed by atoms with Gasteiger partial charge in [0.05, 0.1) is 18.7 Å². The van der Waals surface area contributed by atoms with Crippen molar-refractivity contribution in [1.82, 2.24) is 0 Å². The molecule has 0 unspecified atom stereocenters. The molecule has 0 spiro atoms. The molecule has 0 N–H and O–H groups in total. The minimum atomic E-state index is -1.70. The molecule has 3 nitrogen and oxygen atoms in total. The van der Waals surface area contributed by atoms with Gasteiger partial charge in [-0.15, -0.1) is 0 Å². The van der Waals surface area contributed by atoms with Gasteiger partial charge >= 0.3 is 0 Å². The molecular formula is C11H17BrO3Si. The average Bonchev–Trinajstić information content (AvgIpc) is 2.16. The summed E-state index contributed by atoms with van der Waals surface area (Å²) < 4.78 is 17.5. The zero-order chi connectivity index (χ0) is 12.3. The summed E-state index contributed by atoms with van der Waals surface area (Å²) in [5.41, 5.74) is 0. The average molecular weight is 305 g/mol. The molecular weight excluding hydrogens is 288 g/mol. The van der Waals surface area contributed by atoms with Gasteiger partial charge in [-0.2, -0.15) is 0 Å². The van der Waals surface area contributed by atoms with Crippen molar-refractivity contribution in [3.8, 4) is 17.2 Å². The second-order valence-corrected chi connectivity index (χ2v) is 9.61. The number of ether oxygens (including phenoxy) is 2. The van der Waals surface area contributed by atoms with Crippen LogP contribution in [0, 0.1) is 0 Å². The molecule has 0 heterocycles. The van der Waals surface area contributed by atoms with E-state index in [0.717, 1.165) is 4.47 Å². The molecule has 0 saturated carbocycles. The van der Waals surface area contributed by atoms with Crippen molar-refractivity contribution >= 4 is 24.2 Å². The van der Waals surface area contributed by atoms with Crippen LogP contribution in [0.2, 0.25) is 19.6 Å². The minimum Gasteiger partial charge on any atom is -0.539 e. The van der Waals surface area contributed by atoms with E-state index in [9.17, 15) is 0 Å². The van der Waals surface area contributed by atoms with Gasteiger partial charge in [-0.1, -0.05) is 0 Å². The highest BCUT2D eigenvalue weighted by molar-refractivity contribution is 9.10. The molecule has 90 valence electrons. The summed E-state index contributed by atoms with van der Waals surface area (Å²) in [4.78, 5) is 0. The summed E-state index contributed by atoms with van der Waals surface area (Å²) >= 11 is 3.43. The normalized spacial score (nSPS) is 11.1. The van der Waals surface area contributed by atoms with Crippen LogP contribution in [0.5, 0.6) is 17.2 Å². The molecule has 0 fully saturated rings. The fourth-order valence-electron chi connectivity index (χ4n) is 1.27. The molecule has 1 aromatic rings. The summed E-state index contributed by atoms with van der Waals surface area (Å²) in [6.45, 7) is 6.35. The smallest absolute Gasteiger partial charge is 0.242 e. The van der Waals surface area contributed by atoms with Crippen LogP contribution >= 0.6 is 15.9 Å². The van der Waals surface area contributed by atoms with E-state index >= 15 is 0 Å². The molecule has 0 atom stereocenters. The molecule has 0 radical (unpaired) electrons. The third-order valence-electron chi connectivity index (χ3n) is 1.86. The summed E-state index contributed by atoms with van der Waals surface area (Å²) in [5, 5.41) is 0. The molecule has 1 aromatic carbocycles. The molecule has 0 aliphatic rings. The van der Waals surface area contributed by atoms with E-state index in [1.54, 1.807) is 14.2 Å². The van der Waals surface area contributed by atoms with Gasteiger partial charge in [-0.05, 0) is 47.7 Å². The SMILES string of the molecule is COc1ccc(Br)c(OC)c1O[Si](C)(C)C. The van der Waals surface area contributed by atoms with E-state index in [4.69, 9.17) is 13.9 Å². The lowest BCUT2D eigenvalue weighted by Crippen LogP contribution is -2.29. The number of halogens is 1. The van der Waals surface area contributed by atoms with Gasteiger partial charge < -0.3 is 13.9 Å². The molecule has 0 bridgehead atoms. The van der Waals surface area contributed by atoms with Crippen LogP contribution in [0.4, 0.5) is 0 Å². The van der Waals surface area contributed by atoms with Gasteiger partial charge in [0.15, 0.2) is 17.2 Å². The Balaban J connectivity index is 3.25. The zero-order valence-electron chi connectivity index (χ0n) is 10.3. The fourth-order valence-corrected chi connectivity index (χ4v) is 2.55. The van der Waals surface area contributed by atoms with Gasteiger partial charge in [-0.3, -0.25) is 0 Å². The maximum Gasteiger partial charge on any atom is 0.242 e. The lowest BCUT2D eigenvalue weighted by atomic mass is 10.3. The summed E-state index contributed by atoms with van der Waals surface area (Å²) in [7, 11) is 1.55. The number of rotatable bonds is 4. The monoisotopic (exact) mass is 304 g/mol. The molecule has 16 heavy (non-hydrogen) atoms. The first-order valence-corrected chi connectivity index (χ1v) is 9.18. The molecule has 0 amide bonds. The fraction of sp³-hybridized carbons (Fsp3) is 0.455. The number of benzene rings is 1. The van der Waals surface area contributed by atoms with Gasteiger partial charge in [0.1, 0.15) is 0 Å². The molecule has 0 aliphatic carbocycles. The van der Waals surface area contributed by atoms with Gasteiger partial charge in [-0.25, -0.2) is 0 Å². The first-order chi connectivity index (χ1) is 7.39. The van der Waals surface area contributed by atoms with E-state index < -0.39 is 8.32 Å². The van der Waals surface area contributed by atoms with Crippen LogP contribution in [0.25, 0.3) is 0 Å². The first-order valence-electron chi connectivity index (χ1n) is 4.98. The van der Waals surface area contributed by atoms with Gasteiger partial charge in [0.25, 0.3) is 0 Å². The molecule has 0 saturated heterocycles. The standard InChI is InChI=1S/C11H17BrO3Si/c1-13-9-7-6-8(12)10(14-2)11(9)15-16(3,4)5/h6-7H,1-5H3. The van der Waals surface area contributed by atoms with Crippen molar-refractivity contribution in [2.24, 2.45) is 0 Å². The Labute approximate surface area is 106 Å². The second-order valence-electron chi connectivity index (χ2n) is 4.33. The van der Waals surface area contributed by atoms with E-state index in [2.05, 4.69) is 35.6 Å². The van der Waals surface area contributed by atoms with Crippen molar-refractivity contribution in [3.05, 3.63) is 16.6 Å². The molecule has 0 aliphatic heterocycles. The second kappa shape index (κ2) is 5.10. The molecule has 0 aromatic heterocycles. The van der Waals surface area contributed by atoms with Gasteiger partial charge in [0.2, 0.25) is 8.32 Å². The van der Waals surface area contributed by atoms with Crippen molar-refractivity contribution in [1.29, 1.82) is 0 Å². The van der Waals surface area contributed by atoms with Crippen LogP contribution in [0.15, 0.2) is 16.6 Å². The maximum absolute atomic E-state index is 5.99. The van der Waals surface area contributed by atoms with Crippen molar-refractivity contribution in [3.63, 3.8) is 0 Å². The summed E-state index contributed by atoms with van der Waals surface area (Å²) in [6.07, 6.45) is 0. The Hall–Kier alpha value is -0.683. The predicted octanol–water partition coefficient (Wildman–Crippen LogP) is 3.68. The van der Waals surface area contributed by atoms with E-state index in [1.807, 2.05) is 12.1 Å². The van der Waals surface area contributed by atoms with Crippen LogP contribution in [-0.2, 0) is 0 Å². The third-order valence-corrected chi connectivity index (χ3v) is 3.30. The minimum absolute atomic E-state index is 0.679. The van der Waals surface area contributed by atoms with Crippen LogP contribution < -0.4 is 13.9 Å². The van der Waals surface area contributed by atoms with E-state index in [1.165, 1.54) is 0 Å². The van der Waals surface area contributed by atoms with Crippen molar-refractivity contribution in [2.75, 3.05) is 14.2 Å². The van der Waals surface area contributed by atoms with E-state index in [-0.39, 0.29) is 0 Å². The Morgan fingerprint density at radius 3 is 2.06 bits per heavy atom. The maximum atomic E-state index is 5.99. The lowest BCUT2D eigenvalue weighted by molar-refractivity contribution is 0.359. The number of hydrogen-bond donors (Lipinski definition) is 0. The molecule has 1 rings (SSSR count). The Morgan fingerprint density at radius 2 is 1.62 bits per heavy atom. The topological polar surface area (TPSA) is 27.7 Å². The summed E-state index contributed by atoms with van der Waals surface area (Å²) in [6, 6.07) is 3.75. The Morgan fingerprint density at radius 1 is 1.00 bits per heavy atom.